The van der Waals surface area contributed by atoms with Crippen LogP contribution in [0.5, 0.6) is 11.5 Å². The summed E-state index contributed by atoms with van der Waals surface area (Å²) in [6, 6.07) is 12.2. The number of benzene rings is 2. The minimum Gasteiger partial charge on any atom is -0.454 e. The Kier molecular flexibility index (Phi) is 5.60. The number of carbonyl (C=O) groups excluding carboxylic acids is 2. The van der Waals surface area contributed by atoms with Crippen molar-refractivity contribution in [3.8, 4) is 11.5 Å². The minimum atomic E-state index is -0.483. The predicted molar refractivity (Wildman–Crippen MR) is 109 cm³/mol. The van der Waals surface area contributed by atoms with Crippen LogP contribution >= 0.6 is 0 Å². The summed E-state index contributed by atoms with van der Waals surface area (Å²) >= 11 is 0. The second-order valence-corrected chi connectivity index (χ2v) is 6.85. The largest absolute Gasteiger partial charge is 0.454 e. The van der Waals surface area contributed by atoms with Crippen molar-refractivity contribution in [1.29, 1.82) is 0 Å². The monoisotopic (exact) mass is 407 g/mol. The van der Waals surface area contributed by atoms with Crippen molar-refractivity contribution in [3.05, 3.63) is 60.7 Å². The van der Waals surface area contributed by atoms with E-state index in [4.69, 9.17) is 9.47 Å². The standard InChI is InChI=1S/C21H21N5O4/c1-14(26-12-22-11-23-26)21(28)25-17-6-4-16(5-7-17)24-20(27)9-3-15-2-8-18-19(10-15)30-13-29-18/h2,4-8,10-12,14H,3,9,13H2,1H3,(H,24,27)(H,25,28). The molecule has 2 N–H and O–H groups in total. The van der Waals surface area contributed by atoms with Gasteiger partial charge in [0.15, 0.2) is 11.5 Å². The predicted octanol–water partition coefficient (Wildman–Crippen LogP) is 2.78. The second kappa shape index (κ2) is 8.64. The molecule has 3 aromatic rings. The highest BCUT2D eigenvalue weighted by molar-refractivity contribution is 5.94. The summed E-state index contributed by atoms with van der Waals surface area (Å²) in [5.74, 6) is 1.14. The summed E-state index contributed by atoms with van der Waals surface area (Å²) in [5, 5.41) is 9.64. The lowest BCUT2D eigenvalue weighted by Crippen LogP contribution is -2.24. The summed E-state index contributed by atoms with van der Waals surface area (Å²) < 4.78 is 12.1. The molecule has 4 rings (SSSR count). The van der Waals surface area contributed by atoms with Crippen LogP contribution in [0.4, 0.5) is 11.4 Å². The van der Waals surface area contributed by atoms with Crippen molar-refractivity contribution in [2.75, 3.05) is 17.4 Å². The highest BCUT2D eigenvalue weighted by Gasteiger charge is 2.16. The van der Waals surface area contributed by atoms with Crippen molar-refractivity contribution in [2.24, 2.45) is 0 Å². The first kappa shape index (κ1) is 19.4. The van der Waals surface area contributed by atoms with E-state index in [2.05, 4.69) is 20.7 Å². The number of hydrogen-bond donors (Lipinski definition) is 2. The lowest BCUT2D eigenvalue weighted by molar-refractivity contribution is -0.119. The third-order valence-corrected chi connectivity index (χ3v) is 4.73. The van der Waals surface area contributed by atoms with E-state index >= 15 is 0 Å². The Morgan fingerprint density at radius 2 is 1.80 bits per heavy atom. The van der Waals surface area contributed by atoms with Gasteiger partial charge in [0.05, 0.1) is 0 Å². The first-order valence-corrected chi connectivity index (χ1v) is 9.52. The molecule has 9 heteroatoms. The number of rotatable bonds is 7. The van der Waals surface area contributed by atoms with E-state index in [0.717, 1.165) is 11.3 Å². The highest BCUT2D eigenvalue weighted by Crippen LogP contribution is 2.32. The third-order valence-electron chi connectivity index (χ3n) is 4.73. The lowest BCUT2D eigenvalue weighted by atomic mass is 10.1. The Morgan fingerprint density at radius 3 is 2.53 bits per heavy atom. The molecule has 30 heavy (non-hydrogen) atoms. The van der Waals surface area contributed by atoms with Gasteiger partial charge in [-0.3, -0.25) is 9.59 Å². The molecule has 0 saturated carbocycles. The zero-order valence-electron chi connectivity index (χ0n) is 16.4. The van der Waals surface area contributed by atoms with Crippen molar-refractivity contribution >= 4 is 23.2 Å². The Bertz CT molecular complexity index is 1030. The van der Waals surface area contributed by atoms with E-state index in [9.17, 15) is 9.59 Å². The summed E-state index contributed by atoms with van der Waals surface area (Å²) in [6.07, 6.45) is 3.81. The number of carbonyl (C=O) groups is 2. The zero-order chi connectivity index (χ0) is 20.9. The van der Waals surface area contributed by atoms with E-state index in [1.807, 2.05) is 18.2 Å². The molecule has 0 saturated heterocycles. The van der Waals surface area contributed by atoms with Gasteiger partial charge in [0, 0.05) is 17.8 Å². The average Bonchev–Trinajstić information content (AvgIpc) is 3.44. The molecule has 1 atom stereocenters. The summed E-state index contributed by atoms with van der Waals surface area (Å²) in [7, 11) is 0. The average molecular weight is 407 g/mol. The van der Waals surface area contributed by atoms with E-state index in [-0.39, 0.29) is 18.6 Å². The van der Waals surface area contributed by atoms with Crippen LogP contribution in [-0.4, -0.2) is 33.4 Å². The summed E-state index contributed by atoms with van der Waals surface area (Å²) in [5.41, 5.74) is 2.30. The maximum atomic E-state index is 12.3. The quantitative estimate of drug-likeness (QED) is 0.624. The number of aromatic nitrogens is 3. The molecule has 0 fully saturated rings. The van der Waals surface area contributed by atoms with Crippen LogP contribution in [0.3, 0.4) is 0 Å². The van der Waals surface area contributed by atoms with Gasteiger partial charge in [-0.25, -0.2) is 9.67 Å². The van der Waals surface area contributed by atoms with Crippen molar-refractivity contribution in [3.63, 3.8) is 0 Å². The summed E-state index contributed by atoms with van der Waals surface area (Å²) in [4.78, 5) is 28.4. The normalized spacial score (nSPS) is 13.0. The van der Waals surface area contributed by atoms with E-state index < -0.39 is 6.04 Å². The number of nitrogens with zero attached hydrogens (tertiary/aromatic N) is 3. The Hall–Kier alpha value is -3.88. The van der Waals surface area contributed by atoms with Crippen LogP contribution in [0.15, 0.2) is 55.1 Å². The summed E-state index contributed by atoms with van der Waals surface area (Å²) in [6.45, 7) is 1.97. The Morgan fingerprint density at radius 1 is 1.07 bits per heavy atom. The fraction of sp³-hybridized carbons (Fsp3) is 0.238. The Balaban J connectivity index is 1.26. The molecule has 0 radical (unpaired) electrons. The van der Waals surface area contributed by atoms with E-state index in [1.54, 1.807) is 31.2 Å². The molecule has 1 aromatic heterocycles. The van der Waals surface area contributed by atoms with E-state index in [1.165, 1.54) is 17.3 Å². The van der Waals surface area contributed by atoms with Gasteiger partial charge in [0.25, 0.3) is 0 Å². The number of aryl methyl sites for hydroxylation is 1. The van der Waals surface area contributed by atoms with Gasteiger partial charge in [-0.15, -0.1) is 0 Å². The molecule has 1 aliphatic heterocycles. The molecule has 9 nitrogen and oxygen atoms in total. The SMILES string of the molecule is CC(C(=O)Nc1ccc(NC(=O)CCc2ccc3c(c2)OCO3)cc1)n1cncn1. The molecule has 154 valence electrons. The maximum Gasteiger partial charge on any atom is 0.249 e. The smallest absolute Gasteiger partial charge is 0.249 e. The van der Waals surface area contributed by atoms with Crippen molar-refractivity contribution < 1.29 is 19.1 Å². The molecule has 0 spiro atoms. The fourth-order valence-corrected chi connectivity index (χ4v) is 3.00. The van der Waals surface area contributed by atoms with Crippen molar-refractivity contribution in [2.45, 2.75) is 25.8 Å². The zero-order valence-corrected chi connectivity index (χ0v) is 16.4. The van der Waals surface area contributed by atoms with Crippen LogP contribution in [0.1, 0.15) is 24.9 Å². The maximum absolute atomic E-state index is 12.3. The molecule has 0 aliphatic carbocycles. The van der Waals surface area contributed by atoms with Crippen LogP contribution < -0.4 is 20.1 Å². The number of amides is 2. The first-order chi connectivity index (χ1) is 14.6. The molecule has 2 amide bonds. The van der Waals surface area contributed by atoms with Gasteiger partial charge in [0.1, 0.15) is 18.7 Å². The van der Waals surface area contributed by atoms with Crippen molar-refractivity contribution in [1.82, 2.24) is 14.8 Å². The topological polar surface area (TPSA) is 107 Å². The van der Waals surface area contributed by atoms with Gasteiger partial charge >= 0.3 is 0 Å². The molecule has 1 unspecified atom stereocenters. The van der Waals surface area contributed by atoms with Crippen LogP contribution in [0.2, 0.25) is 0 Å². The molecular weight excluding hydrogens is 386 g/mol. The molecule has 2 heterocycles. The number of hydrogen-bond acceptors (Lipinski definition) is 6. The van der Waals surface area contributed by atoms with Gasteiger partial charge in [-0.1, -0.05) is 6.07 Å². The Labute approximate surface area is 173 Å². The number of fused-ring (bicyclic) bond motifs is 1. The molecule has 0 bridgehead atoms. The van der Waals surface area contributed by atoms with E-state index in [0.29, 0.717) is 30.0 Å². The van der Waals surface area contributed by atoms with Gasteiger partial charge in [-0.05, 0) is 55.3 Å². The van der Waals surface area contributed by atoms with Crippen LogP contribution in [0.25, 0.3) is 0 Å². The van der Waals surface area contributed by atoms with Crippen LogP contribution in [0, 0.1) is 0 Å². The lowest BCUT2D eigenvalue weighted by Gasteiger charge is -2.12. The van der Waals surface area contributed by atoms with Gasteiger partial charge < -0.3 is 20.1 Å². The molecule has 2 aromatic carbocycles. The highest BCUT2D eigenvalue weighted by atomic mass is 16.7. The number of anilines is 2. The van der Waals surface area contributed by atoms with Gasteiger partial charge in [-0.2, -0.15) is 5.10 Å². The fourth-order valence-electron chi connectivity index (χ4n) is 3.00. The molecule has 1 aliphatic rings. The first-order valence-electron chi connectivity index (χ1n) is 9.52. The second-order valence-electron chi connectivity index (χ2n) is 6.85. The minimum absolute atomic E-state index is 0.0933. The third kappa shape index (κ3) is 4.57. The van der Waals surface area contributed by atoms with Gasteiger partial charge in [0.2, 0.25) is 18.6 Å². The van der Waals surface area contributed by atoms with Crippen LogP contribution in [-0.2, 0) is 16.0 Å². The number of ether oxygens (including phenoxy) is 2. The number of nitrogens with one attached hydrogen (secondary N) is 2. The molecular formula is C21H21N5O4.